The summed E-state index contributed by atoms with van der Waals surface area (Å²) in [6, 6.07) is 5.29. The topological polar surface area (TPSA) is 56.5 Å². The van der Waals surface area contributed by atoms with Crippen molar-refractivity contribution in [1.29, 1.82) is 10.5 Å². The number of rotatable bonds is 2. The number of nitrogens with zero attached hydrogens (tertiary/aromatic N) is 2. The van der Waals surface area contributed by atoms with E-state index in [1.165, 1.54) is 35.5 Å². The summed E-state index contributed by atoms with van der Waals surface area (Å²) in [6.07, 6.45) is 9.20. The summed E-state index contributed by atoms with van der Waals surface area (Å²) >= 11 is 0. The normalized spacial score (nSPS) is 35.3. The molecule has 2 aliphatic carbocycles. The molecular formula is C16H26N4+2. The summed E-state index contributed by atoms with van der Waals surface area (Å²) in [5, 5.41) is 19.2. The zero-order valence-corrected chi connectivity index (χ0v) is 12.4. The van der Waals surface area contributed by atoms with Crippen LogP contribution < -0.4 is 9.80 Å². The molecule has 3 aliphatic rings. The molecule has 108 valence electrons. The van der Waals surface area contributed by atoms with Gasteiger partial charge in [0.2, 0.25) is 0 Å². The Bertz CT molecular complexity index is 382. The van der Waals surface area contributed by atoms with Gasteiger partial charge in [-0.25, -0.2) is 0 Å². The average molecular weight is 274 g/mol. The van der Waals surface area contributed by atoms with Crippen molar-refractivity contribution in [2.75, 3.05) is 26.2 Å². The van der Waals surface area contributed by atoms with Crippen LogP contribution in [0, 0.1) is 22.7 Å². The lowest BCUT2D eigenvalue weighted by Gasteiger charge is -2.41. The Balaban J connectivity index is 1.65. The fourth-order valence-electron chi connectivity index (χ4n) is 4.86. The second-order valence-corrected chi connectivity index (χ2v) is 7.01. The van der Waals surface area contributed by atoms with Gasteiger partial charge in [-0.15, -0.1) is 0 Å². The van der Waals surface area contributed by atoms with Crippen molar-refractivity contribution in [1.82, 2.24) is 0 Å². The van der Waals surface area contributed by atoms with Gasteiger partial charge in [-0.1, -0.05) is 0 Å². The minimum atomic E-state index is -0.0962. The summed E-state index contributed by atoms with van der Waals surface area (Å²) < 4.78 is 0. The number of quaternary nitrogens is 2. The van der Waals surface area contributed by atoms with Crippen LogP contribution in [0.25, 0.3) is 0 Å². The van der Waals surface area contributed by atoms with E-state index in [0.717, 1.165) is 51.9 Å². The van der Waals surface area contributed by atoms with Crippen LogP contribution in [0.1, 0.15) is 51.4 Å². The maximum Gasteiger partial charge on any atom is 0.185 e. The first-order chi connectivity index (χ1) is 9.75. The molecule has 0 aromatic heterocycles. The number of nitriles is 2. The van der Waals surface area contributed by atoms with Gasteiger partial charge in [0.15, 0.2) is 11.1 Å². The van der Waals surface area contributed by atoms with Crippen LogP contribution in [0.5, 0.6) is 0 Å². The number of hydrogen-bond acceptors (Lipinski definition) is 2. The third-order valence-corrected chi connectivity index (χ3v) is 6.15. The van der Waals surface area contributed by atoms with Gasteiger partial charge in [0, 0.05) is 25.7 Å². The Labute approximate surface area is 122 Å². The minimum Gasteiger partial charge on any atom is -0.309 e. The average Bonchev–Trinajstić information content (AvgIpc) is 3.18. The third-order valence-electron chi connectivity index (χ3n) is 6.15. The van der Waals surface area contributed by atoms with Gasteiger partial charge in [0.05, 0.1) is 0 Å². The molecular weight excluding hydrogens is 248 g/mol. The molecule has 0 spiro atoms. The Morgan fingerprint density at radius 1 is 0.600 bits per heavy atom. The SMILES string of the molecule is N#CC1([NH+]2CC[NH+](C3(C#N)CCCC3)CC2)CCCC1. The van der Waals surface area contributed by atoms with Crippen LogP contribution in [-0.4, -0.2) is 37.3 Å². The summed E-state index contributed by atoms with van der Waals surface area (Å²) in [5.41, 5.74) is -0.192. The van der Waals surface area contributed by atoms with Crippen LogP contribution in [0.2, 0.25) is 0 Å². The molecule has 0 bridgehead atoms. The fraction of sp³-hybridized carbons (Fsp3) is 0.875. The number of piperazine rings is 1. The highest BCUT2D eigenvalue weighted by molar-refractivity contribution is 5.05. The molecule has 0 amide bonds. The van der Waals surface area contributed by atoms with Gasteiger partial charge in [0.1, 0.15) is 38.3 Å². The first-order valence-corrected chi connectivity index (χ1v) is 8.28. The van der Waals surface area contributed by atoms with Crippen molar-refractivity contribution >= 4 is 0 Å². The Hall–Kier alpha value is -1.10. The van der Waals surface area contributed by atoms with Gasteiger partial charge in [-0.3, -0.25) is 0 Å². The molecule has 2 saturated carbocycles. The third kappa shape index (κ3) is 2.12. The van der Waals surface area contributed by atoms with Crippen LogP contribution in [0.3, 0.4) is 0 Å². The zero-order valence-electron chi connectivity index (χ0n) is 12.4. The smallest absolute Gasteiger partial charge is 0.185 e. The van der Waals surface area contributed by atoms with Crippen molar-refractivity contribution in [2.24, 2.45) is 0 Å². The molecule has 0 radical (unpaired) electrons. The molecule has 2 N–H and O–H groups in total. The van der Waals surface area contributed by atoms with E-state index in [0.29, 0.717) is 0 Å². The summed E-state index contributed by atoms with van der Waals surface area (Å²) in [6.45, 7) is 4.30. The van der Waals surface area contributed by atoms with E-state index < -0.39 is 0 Å². The maximum atomic E-state index is 9.61. The molecule has 1 aliphatic heterocycles. The highest BCUT2D eigenvalue weighted by Crippen LogP contribution is 2.27. The molecule has 1 heterocycles. The summed E-state index contributed by atoms with van der Waals surface area (Å²) in [5.74, 6) is 0. The second-order valence-electron chi connectivity index (χ2n) is 7.01. The lowest BCUT2D eigenvalue weighted by molar-refractivity contribution is -1.05. The van der Waals surface area contributed by atoms with E-state index in [1.807, 2.05) is 0 Å². The lowest BCUT2D eigenvalue weighted by Crippen LogP contribution is -3.34. The van der Waals surface area contributed by atoms with Crippen molar-refractivity contribution in [2.45, 2.75) is 62.4 Å². The second kappa shape index (κ2) is 5.35. The van der Waals surface area contributed by atoms with Crippen molar-refractivity contribution < 1.29 is 9.80 Å². The molecule has 0 atom stereocenters. The van der Waals surface area contributed by atoms with E-state index in [4.69, 9.17) is 0 Å². The molecule has 1 saturated heterocycles. The van der Waals surface area contributed by atoms with Gasteiger partial charge >= 0.3 is 0 Å². The molecule has 20 heavy (non-hydrogen) atoms. The lowest BCUT2D eigenvalue weighted by atomic mass is 9.93. The highest BCUT2D eigenvalue weighted by Gasteiger charge is 2.50. The predicted molar refractivity (Wildman–Crippen MR) is 75.0 cm³/mol. The van der Waals surface area contributed by atoms with Crippen LogP contribution in [-0.2, 0) is 0 Å². The highest BCUT2D eigenvalue weighted by atomic mass is 15.3. The fourth-order valence-corrected chi connectivity index (χ4v) is 4.86. The molecule has 0 unspecified atom stereocenters. The van der Waals surface area contributed by atoms with E-state index in [9.17, 15) is 10.5 Å². The Morgan fingerprint density at radius 3 is 1.15 bits per heavy atom. The van der Waals surface area contributed by atoms with Crippen molar-refractivity contribution in [3.05, 3.63) is 0 Å². The number of hydrogen-bond donors (Lipinski definition) is 2. The van der Waals surface area contributed by atoms with E-state index in [2.05, 4.69) is 12.1 Å². The molecule has 0 aromatic rings. The van der Waals surface area contributed by atoms with E-state index >= 15 is 0 Å². The van der Waals surface area contributed by atoms with Crippen molar-refractivity contribution in [3.8, 4) is 12.1 Å². The largest absolute Gasteiger partial charge is 0.309 e. The van der Waals surface area contributed by atoms with Gasteiger partial charge in [-0.05, 0) is 25.7 Å². The molecule has 4 nitrogen and oxygen atoms in total. The Kier molecular flexibility index (Phi) is 3.71. The zero-order chi connectivity index (χ0) is 14.1. The predicted octanol–water partition coefficient (Wildman–Crippen LogP) is -0.557. The standard InChI is InChI=1S/C16H24N4/c17-13-15(5-1-2-6-15)19-9-11-20(12-10-19)16(14-18)7-3-4-8-16/h1-12H2/p+2. The number of nitrogens with one attached hydrogen (secondary N) is 2. The molecule has 3 fully saturated rings. The van der Waals surface area contributed by atoms with Crippen LogP contribution in [0.4, 0.5) is 0 Å². The van der Waals surface area contributed by atoms with Gasteiger partial charge in [-0.2, -0.15) is 10.5 Å². The van der Waals surface area contributed by atoms with Crippen molar-refractivity contribution in [3.63, 3.8) is 0 Å². The molecule has 0 aromatic carbocycles. The first-order valence-electron chi connectivity index (χ1n) is 8.28. The summed E-state index contributed by atoms with van der Waals surface area (Å²) in [7, 11) is 0. The monoisotopic (exact) mass is 274 g/mol. The van der Waals surface area contributed by atoms with E-state index in [1.54, 1.807) is 0 Å². The molecule has 3 rings (SSSR count). The van der Waals surface area contributed by atoms with Crippen LogP contribution >= 0.6 is 0 Å². The Morgan fingerprint density at radius 2 is 0.900 bits per heavy atom. The first kappa shape index (κ1) is 13.9. The summed E-state index contributed by atoms with van der Waals surface area (Å²) in [4.78, 5) is 3.01. The molecule has 4 heteroatoms. The quantitative estimate of drug-likeness (QED) is 0.709. The van der Waals surface area contributed by atoms with Crippen LogP contribution in [0.15, 0.2) is 0 Å². The van der Waals surface area contributed by atoms with E-state index in [-0.39, 0.29) is 11.1 Å². The van der Waals surface area contributed by atoms with Gasteiger partial charge < -0.3 is 9.80 Å². The van der Waals surface area contributed by atoms with Gasteiger partial charge in [0.25, 0.3) is 0 Å². The minimum absolute atomic E-state index is 0.0962. The maximum absolute atomic E-state index is 9.61.